The van der Waals surface area contributed by atoms with Crippen LogP contribution >= 0.6 is 12.4 Å². The average Bonchev–Trinajstić information content (AvgIpc) is 1.79. The quantitative estimate of drug-likeness (QED) is 0.486. The van der Waals surface area contributed by atoms with Crippen LogP contribution in [0.25, 0.3) is 0 Å². The van der Waals surface area contributed by atoms with Gasteiger partial charge in [-0.2, -0.15) is 0 Å². The first-order chi connectivity index (χ1) is 2.30. The third-order valence-corrected chi connectivity index (χ3v) is 1.17. The van der Waals surface area contributed by atoms with Crippen molar-refractivity contribution in [3.05, 3.63) is 0 Å². The van der Waals surface area contributed by atoms with Gasteiger partial charge >= 0.3 is 0 Å². The van der Waals surface area contributed by atoms with Crippen LogP contribution in [0.15, 0.2) is 0 Å². The molecule has 0 aromatic rings. The Morgan fingerprint density at radius 1 is 1.67 bits per heavy atom. The summed E-state index contributed by atoms with van der Waals surface area (Å²) in [7, 11) is 0. The van der Waals surface area contributed by atoms with Crippen LogP contribution in [0, 0.1) is 5.92 Å². The molecule has 1 aliphatic rings. The second-order valence-electron chi connectivity index (χ2n) is 1.88. The fraction of sp³-hybridized carbons (Fsp3) is 1.00. The van der Waals surface area contributed by atoms with Gasteiger partial charge in [-0.3, -0.25) is 0 Å². The van der Waals surface area contributed by atoms with Crippen molar-refractivity contribution in [2.24, 2.45) is 11.7 Å². The third-order valence-electron chi connectivity index (χ3n) is 1.17. The third kappa shape index (κ3) is 1.15. The minimum atomic E-state index is 0. The van der Waals surface area contributed by atoms with Crippen LogP contribution in [0.5, 0.6) is 0 Å². The first-order valence-electron chi connectivity index (χ1n) is 2.06. The summed E-state index contributed by atoms with van der Waals surface area (Å²) in [5.41, 5.74) is 5.37. The summed E-state index contributed by atoms with van der Waals surface area (Å²) in [6.07, 6.45) is 1.25. The highest BCUT2D eigenvalue weighted by atomic mass is 35.5. The molecule has 0 radical (unpaired) electrons. The van der Waals surface area contributed by atoms with Crippen LogP contribution in [-0.2, 0) is 0 Å². The van der Waals surface area contributed by atoms with Gasteiger partial charge in [-0.1, -0.05) is 6.92 Å². The van der Waals surface area contributed by atoms with Crippen LogP contribution in [-0.4, -0.2) is 6.04 Å². The van der Waals surface area contributed by atoms with Gasteiger partial charge in [-0.05, 0) is 12.3 Å². The van der Waals surface area contributed by atoms with Gasteiger partial charge in [0.2, 0.25) is 0 Å². The molecule has 0 saturated heterocycles. The lowest BCUT2D eigenvalue weighted by molar-refractivity contribution is 0.895. The molecule has 0 aliphatic heterocycles. The van der Waals surface area contributed by atoms with Crippen molar-refractivity contribution >= 4 is 12.4 Å². The van der Waals surface area contributed by atoms with Gasteiger partial charge in [0.25, 0.3) is 0 Å². The van der Waals surface area contributed by atoms with E-state index in [1.165, 1.54) is 6.42 Å². The molecule has 6 heavy (non-hydrogen) atoms. The summed E-state index contributed by atoms with van der Waals surface area (Å²) in [6.45, 7) is 2.17. The topological polar surface area (TPSA) is 26.0 Å². The Morgan fingerprint density at radius 2 is 1.83 bits per heavy atom. The summed E-state index contributed by atoms with van der Waals surface area (Å²) in [4.78, 5) is 0. The van der Waals surface area contributed by atoms with Crippen LogP contribution in [0.4, 0.5) is 0 Å². The predicted molar refractivity (Wildman–Crippen MR) is 29.0 cm³/mol. The molecule has 0 spiro atoms. The zero-order chi connectivity index (χ0) is 3.86. The second kappa shape index (κ2) is 1.80. The lowest BCUT2D eigenvalue weighted by Gasteiger charge is -1.69. The summed E-state index contributed by atoms with van der Waals surface area (Å²) >= 11 is 0. The molecular weight excluding hydrogens is 97.5 g/mol. The molecule has 2 N–H and O–H groups in total. The Bertz CT molecular complexity index is 40.8. The fourth-order valence-electron chi connectivity index (χ4n) is 0.351. The van der Waals surface area contributed by atoms with Crippen molar-refractivity contribution in [1.29, 1.82) is 0 Å². The molecule has 0 heterocycles. The highest BCUT2D eigenvalue weighted by molar-refractivity contribution is 5.85. The molecule has 38 valence electrons. The number of rotatable bonds is 0. The number of hydrogen-bond donors (Lipinski definition) is 1. The minimum Gasteiger partial charge on any atom is -0.327 e. The van der Waals surface area contributed by atoms with Crippen molar-refractivity contribution in [2.45, 2.75) is 19.4 Å². The van der Waals surface area contributed by atoms with Crippen molar-refractivity contribution < 1.29 is 0 Å². The second-order valence-corrected chi connectivity index (χ2v) is 1.88. The van der Waals surface area contributed by atoms with Gasteiger partial charge in [0.05, 0.1) is 0 Å². The molecule has 1 nitrogen and oxygen atoms in total. The lowest BCUT2D eigenvalue weighted by atomic mass is 10.5. The van der Waals surface area contributed by atoms with E-state index in [1.807, 2.05) is 0 Å². The van der Waals surface area contributed by atoms with E-state index in [0.717, 1.165) is 5.92 Å². The van der Waals surface area contributed by atoms with Crippen molar-refractivity contribution in [3.63, 3.8) is 0 Å². The maximum absolute atomic E-state index is 5.37. The molecule has 1 saturated carbocycles. The van der Waals surface area contributed by atoms with Gasteiger partial charge in [0, 0.05) is 6.04 Å². The molecule has 1 unspecified atom stereocenters. The minimum absolute atomic E-state index is 0. The Labute approximate surface area is 44.3 Å². The predicted octanol–water partition coefficient (Wildman–Crippen LogP) is 0.775. The fourth-order valence-corrected chi connectivity index (χ4v) is 0.351. The number of halogens is 1. The van der Waals surface area contributed by atoms with Crippen molar-refractivity contribution in [3.8, 4) is 0 Å². The van der Waals surface area contributed by atoms with Crippen LogP contribution in [0.3, 0.4) is 0 Å². The zero-order valence-electron chi connectivity index (χ0n) is 3.85. The molecule has 1 rings (SSSR count). The lowest BCUT2D eigenvalue weighted by Crippen LogP contribution is -1.98. The Balaban J connectivity index is 0.000000250. The van der Waals surface area contributed by atoms with E-state index >= 15 is 0 Å². The highest BCUT2D eigenvalue weighted by Gasteiger charge is 2.27. The maximum atomic E-state index is 5.37. The normalized spacial score (nSPS) is 41.0. The largest absolute Gasteiger partial charge is 0.327 e. The van der Waals surface area contributed by atoms with Crippen molar-refractivity contribution in [2.75, 3.05) is 0 Å². The van der Waals surface area contributed by atoms with E-state index in [4.69, 9.17) is 5.73 Å². The van der Waals surface area contributed by atoms with Crippen LogP contribution < -0.4 is 5.73 Å². The van der Waals surface area contributed by atoms with Gasteiger partial charge in [0.1, 0.15) is 0 Å². The molecule has 1 fully saturated rings. The smallest absolute Gasteiger partial charge is 0.00682 e. The SMILES string of the molecule is C[C@H]1CC1N.Cl. The van der Waals surface area contributed by atoms with E-state index in [2.05, 4.69) is 6.92 Å². The van der Waals surface area contributed by atoms with E-state index in [1.54, 1.807) is 0 Å². The molecule has 0 aromatic heterocycles. The van der Waals surface area contributed by atoms with Crippen LogP contribution in [0.2, 0.25) is 0 Å². The molecule has 0 bridgehead atoms. The number of hydrogen-bond acceptors (Lipinski definition) is 1. The van der Waals surface area contributed by atoms with Crippen molar-refractivity contribution in [1.82, 2.24) is 0 Å². The first kappa shape index (κ1) is 6.25. The summed E-state index contributed by atoms with van der Waals surface area (Å²) in [5.74, 6) is 0.829. The highest BCUT2D eigenvalue weighted by Crippen LogP contribution is 2.25. The van der Waals surface area contributed by atoms with E-state index in [0.29, 0.717) is 6.04 Å². The van der Waals surface area contributed by atoms with Crippen LogP contribution in [0.1, 0.15) is 13.3 Å². The molecule has 2 heteroatoms. The van der Waals surface area contributed by atoms with Gasteiger partial charge < -0.3 is 5.73 Å². The standard InChI is InChI=1S/C4H9N.ClH/c1-3-2-4(3)5;/h3-4H,2,5H2,1H3;1H/t3-,4?;/m0./s1. The Kier molecular flexibility index (Phi) is 1.88. The van der Waals surface area contributed by atoms with Gasteiger partial charge in [-0.15, -0.1) is 12.4 Å². The summed E-state index contributed by atoms with van der Waals surface area (Å²) < 4.78 is 0. The average molecular weight is 108 g/mol. The maximum Gasteiger partial charge on any atom is 0.00682 e. The molecular formula is C4H10ClN. The number of nitrogens with two attached hydrogens (primary N) is 1. The molecule has 0 amide bonds. The molecule has 0 aromatic carbocycles. The molecule has 1 aliphatic carbocycles. The van der Waals surface area contributed by atoms with E-state index in [-0.39, 0.29) is 12.4 Å². The summed E-state index contributed by atoms with van der Waals surface area (Å²) in [5, 5.41) is 0. The van der Waals surface area contributed by atoms with E-state index in [9.17, 15) is 0 Å². The Morgan fingerprint density at radius 3 is 1.83 bits per heavy atom. The summed E-state index contributed by atoms with van der Waals surface area (Å²) in [6, 6.07) is 0.551. The van der Waals surface area contributed by atoms with Gasteiger partial charge in [-0.25, -0.2) is 0 Å². The van der Waals surface area contributed by atoms with Gasteiger partial charge in [0.15, 0.2) is 0 Å². The molecule has 2 atom stereocenters. The monoisotopic (exact) mass is 107 g/mol. The Hall–Kier alpha value is 0.250. The van der Waals surface area contributed by atoms with E-state index < -0.39 is 0 Å². The first-order valence-corrected chi connectivity index (χ1v) is 2.06. The zero-order valence-corrected chi connectivity index (χ0v) is 4.66.